The SMILES string of the molecule is CCCOC(=O)N=NC(=O)O[SiH](CCC)CCC. The largest absolute Gasteiger partial charge is 0.504 e. The molecule has 0 fully saturated rings. The van der Waals surface area contributed by atoms with Gasteiger partial charge in [0.05, 0.1) is 6.61 Å². The van der Waals surface area contributed by atoms with Crippen molar-refractivity contribution in [1.29, 1.82) is 0 Å². The van der Waals surface area contributed by atoms with E-state index in [4.69, 9.17) is 4.43 Å². The average molecular weight is 274 g/mol. The van der Waals surface area contributed by atoms with Gasteiger partial charge in [-0.05, 0) is 18.5 Å². The van der Waals surface area contributed by atoms with E-state index in [1.165, 1.54) is 0 Å². The molecule has 0 saturated carbocycles. The molecule has 0 aliphatic carbocycles. The zero-order valence-corrected chi connectivity index (χ0v) is 12.5. The first kappa shape index (κ1) is 16.8. The maximum Gasteiger partial charge on any atom is 0.452 e. The second-order valence-corrected chi connectivity index (χ2v) is 6.53. The summed E-state index contributed by atoms with van der Waals surface area (Å²) in [6.45, 7) is 6.24. The van der Waals surface area contributed by atoms with Gasteiger partial charge in [0.1, 0.15) is 0 Å². The second kappa shape index (κ2) is 10.9. The first-order valence-electron chi connectivity index (χ1n) is 6.43. The van der Waals surface area contributed by atoms with Gasteiger partial charge in [0.25, 0.3) is 0 Å². The van der Waals surface area contributed by atoms with Crippen molar-refractivity contribution >= 4 is 21.2 Å². The van der Waals surface area contributed by atoms with Gasteiger partial charge < -0.3 is 9.16 Å². The third kappa shape index (κ3) is 8.86. The van der Waals surface area contributed by atoms with Crippen molar-refractivity contribution < 1.29 is 18.8 Å². The molecule has 18 heavy (non-hydrogen) atoms. The van der Waals surface area contributed by atoms with E-state index in [0.29, 0.717) is 6.42 Å². The minimum Gasteiger partial charge on any atom is -0.504 e. The third-order valence-electron chi connectivity index (χ3n) is 2.13. The summed E-state index contributed by atoms with van der Waals surface area (Å²) in [6.07, 6.45) is 1.05. The lowest BCUT2D eigenvalue weighted by Crippen LogP contribution is -2.20. The molecule has 0 radical (unpaired) electrons. The number of nitrogens with zero attached hydrogens (tertiary/aromatic N) is 2. The summed E-state index contributed by atoms with van der Waals surface area (Å²) in [5.74, 6) is 0. The van der Waals surface area contributed by atoms with Crippen molar-refractivity contribution in [2.24, 2.45) is 10.2 Å². The van der Waals surface area contributed by atoms with Gasteiger partial charge in [-0.15, -0.1) is 0 Å². The predicted molar refractivity (Wildman–Crippen MR) is 70.3 cm³/mol. The molecule has 6 nitrogen and oxygen atoms in total. The first-order valence-corrected chi connectivity index (χ1v) is 8.53. The number of carbonyl (C=O) groups excluding carboxylic acids is 2. The Morgan fingerprint density at radius 3 is 2.00 bits per heavy atom. The van der Waals surface area contributed by atoms with Gasteiger partial charge in [-0.2, -0.15) is 0 Å². The molecule has 7 heteroatoms. The fourth-order valence-electron chi connectivity index (χ4n) is 1.37. The third-order valence-corrected chi connectivity index (χ3v) is 5.11. The Morgan fingerprint density at radius 2 is 1.50 bits per heavy atom. The highest BCUT2D eigenvalue weighted by molar-refractivity contribution is 6.53. The Balaban J connectivity index is 4.06. The number of carbonyl (C=O) groups is 2. The summed E-state index contributed by atoms with van der Waals surface area (Å²) in [5.41, 5.74) is 0. The molecule has 0 atom stereocenters. The zero-order chi connectivity index (χ0) is 13.8. The molecule has 0 aromatic heterocycles. The fraction of sp³-hybridized carbons (Fsp3) is 0.818. The Labute approximate surface area is 109 Å². The van der Waals surface area contributed by atoms with E-state index in [0.717, 1.165) is 24.9 Å². The Hall–Kier alpha value is -1.24. The molecule has 0 N–H and O–H groups in total. The van der Waals surface area contributed by atoms with E-state index in [9.17, 15) is 9.59 Å². The van der Waals surface area contributed by atoms with E-state index < -0.39 is 21.2 Å². The molecule has 0 spiro atoms. The van der Waals surface area contributed by atoms with E-state index in [2.05, 4.69) is 15.0 Å². The molecule has 0 saturated heterocycles. The van der Waals surface area contributed by atoms with Gasteiger partial charge in [0.2, 0.25) is 9.04 Å². The van der Waals surface area contributed by atoms with Crippen LogP contribution in [-0.4, -0.2) is 27.8 Å². The van der Waals surface area contributed by atoms with Crippen LogP contribution in [0.15, 0.2) is 10.2 Å². The van der Waals surface area contributed by atoms with Gasteiger partial charge in [-0.1, -0.05) is 43.8 Å². The molecular formula is C11H22N2O4Si. The molecule has 104 valence electrons. The maximum absolute atomic E-state index is 11.3. The van der Waals surface area contributed by atoms with Gasteiger partial charge in [0.15, 0.2) is 0 Å². The maximum atomic E-state index is 11.3. The molecule has 0 aromatic rings. The Kier molecular flexibility index (Phi) is 10.1. The molecule has 0 unspecified atom stereocenters. The standard InChI is InChI=1S/C11H22N2O4Si/c1-4-7-16-10(14)12-13-11(15)17-18(8-5-2)9-6-3/h18H,4-9H2,1-3H3. The van der Waals surface area contributed by atoms with Crippen molar-refractivity contribution in [2.75, 3.05) is 6.61 Å². The molecule has 0 aromatic carbocycles. The van der Waals surface area contributed by atoms with E-state index in [1.54, 1.807) is 0 Å². The quantitative estimate of drug-likeness (QED) is 0.524. The van der Waals surface area contributed by atoms with E-state index in [1.807, 2.05) is 20.8 Å². The lowest BCUT2D eigenvalue weighted by Gasteiger charge is -2.11. The summed E-state index contributed by atoms with van der Waals surface area (Å²) in [4.78, 5) is 22.3. The molecule has 2 amide bonds. The number of hydrogen-bond acceptors (Lipinski definition) is 4. The van der Waals surface area contributed by atoms with Crippen LogP contribution < -0.4 is 0 Å². The monoisotopic (exact) mass is 274 g/mol. The predicted octanol–water partition coefficient (Wildman–Crippen LogP) is 3.67. The molecule has 0 rings (SSSR count). The zero-order valence-electron chi connectivity index (χ0n) is 11.3. The summed E-state index contributed by atoms with van der Waals surface area (Å²) < 4.78 is 9.86. The van der Waals surface area contributed by atoms with Crippen LogP contribution in [0.1, 0.15) is 40.0 Å². The molecular weight excluding hydrogens is 252 g/mol. The normalized spacial score (nSPS) is 10.9. The molecule has 0 aliphatic heterocycles. The van der Waals surface area contributed by atoms with Crippen LogP contribution in [0.25, 0.3) is 0 Å². The molecule has 0 bridgehead atoms. The minimum absolute atomic E-state index is 0.274. The lowest BCUT2D eigenvalue weighted by atomic mass is 10.5. The Bertz CT molecular complexity index is 278. The van der Waals surface area contributed by atoms with E-state index in [-0.39, 0.29) is 6.61 Å². The number of hydrogen-bond donors (Lipinski definition) is 0. The highest BCUT2D eigenvalue weighted by Gasteiger charge is 2.15. The summed E-state index contributed by atoms with van der Waals surface area (Å²) in [6, 6.07) is 1.85. The van der Waals surface area contributed by atoms with Crippen LogP contribution in [0.4, 0.5) is 9.59 Å². The molecule has 0 heterocycles. The summed E-state index contributed by atoms with van der Waals surface area (Å²) in [7, 11) is -1.53. The average Bonchev–Trinajstić information content (AvgIpc) is 2.34. The topological polar surface area (TPSA) is 77.3 Å². The summed E-state index contributed by atoms with van der Waals surface area (Å²) >= 11 is 0. The van der Waals surface area contributed by atoms with Crippen LogP contribution in [0, 0.1) is 0 Å². The van der Waals surface area contributed by atoms with Crippen LogP contribution >= 0.6 is 0 Å². The van der Waals surface area contributed by atoms with Crippen molar-refractivity contribution in [3.05, 3.63) is 0 Å². The van der Waals surface area contributed by atoms with Gasteiger partial charge in [0, 0.05) is 0 Å². The van der Waals surface area contributed by atoms with Gasteiger partial charge >= 0.3 is 12.2 Å². The van der Waals surface area contributed by atoms with Crippen molar-refractivity contribution in [3.63, 3.8) is 0 Å². The van der Waals surface area contributed by atoms with Crippen molar-refractivity contribution in [1.82, 2.24) is 0 Å². The van der Waals surface area contributed by atoms with Crippen molar-refractivity contribution in [3.8, 4) is 0 Å². The van der Waals surface area contributed by atoms with Crippen molar-refractivity contribution in [2.45, 2.75) is 52.1 Å². The van der Waals surface area contributed by atoms with Crippen LogP contribution in [-0.2, 0) is 9.16 Å². The Morgan fingerprint density at radius 1 is 0.944 bits per heavy atom. The minimum atomic E-state index is -1.53. The number of ether oxygens (including phenoxy) is 1. The number of rotatable bonds is 7. The lowest BCUT2D eigenvalue weighted by molar-refractivity contribution is 0.154. The highest BCUT2D eigenvalue weighted by atomic mass is 28.3. The number of amides is 2. The van der Waals surface area contributed by atoms with Crippen LogP contribution in [0.3, 0.4) is 0 Å². The van der Waals surface area contributed by atoms with Crippen LogP contribution in [0.5, 0.6) is 0 Å². The van der Waals surface area contributed by atoms with Crippen LogP contribution in [0.2, 0.25) is 12.1 Å². The summed E-state index contributed by atoms with van der Waals surface area (Å²) in [5, 5.41) is 6.35. The highest BCUT2D eigenvalue weighted by Crippen LogP contribution is 2.08. The van der Waals surface area contributed by atoms with Gasteiger partial charge in [-0.3, -0.25) is 0 Å². The second-order valence-electron chi connectivity index (χ2n) is 3.90. The molecule has 0 aliphatic rings. The van der Waals surface area contributed by atoms with Gasteiger partial charge in [-0.25, -0.2) is 9.59 Å². The smallest absolute Gasteiger partial charge is 0.452 e. The van der Waals surface area contributed by atoms with E-state index >= 15 is 0 Å². The fourth-order valence-corrected chi connectivity index (χ4v) is 3.52. The first-order chi connectivity index (χ1) is 8.63. The number of azo groups is 1.